The first-order valence-corrected chi connectivity index (χ1v) is 9.78. The molecule has 7 heteroatoms. The summed E-state index contributed by atoms with van der Waals surface area (Å²) in [6.45, 7) is 13.1. The zero-order chi connectivity index (χ0) is 23.6. The molecule has 0 fully saturated rings. The first-order valence-electron chi connectivity index (χ1n) is 9.78. The Morgan fingerprint density at radius 2 is 1.74 bits per heavy atom. The van der Waals surface area contributed by atoms with Crippen molar-refractivity contribution < 1.29 is 17.6 Å². The van der Waals surface area contributed by atoms with Crippen LogP contribution in [-0.2, 0) is 12.6 Å². The summed E-state index contributed by atoms with van der Waals surface area (Å²) < 4.78 is 54.5. The van der Waals surface area contributed by atoms with E-state index in [-0.39, 0.29) is 11.1 Å². The van der Waals surface area contributed by atoms with Crippen molar-refractivity contribution in [2.24, 2.45) is 4.99 Å². The molecule has 0 saturated heterocycles. The summed E-state index contributed by atoms with van der Waals surface area (Å²) in [5, 5.41) is -0.189. The molecule has 0 amide bonds. The maximum absolute atomic E-state index is 13.5. The van der Waals surface area contributed by atoms with E-state index in [0.717, 1.165) is 16.7 Å². The fourth-order valence-corrected chi connectivity index (χ4v) is 2.90. The lowest BCUT2D eigenvalue weighted by Gasteiger charge is -2.16. The van der Waals surface area contributed by atoms with E-state index in [0.29, 0.717) is 18.7 Å². The Labute approximate surface area is 179 Å². The summed E-state index contributed by atoms with van der Waals surface area (Å²) >= 11 is 0. The lowest BCUT2D eigenvalue weighted by molar-refractivity contribution is -0.136. The van der Waals surface area contributed by atoms with Gasteiger partial charge >= 0.3 is 6.18 Å². The van der Waals surface area contributed by atoms with Gasteiger partial charge in [0.25, 0.3) is 5.56 Å². The SMILES string of the molecule is C=CCN=C.CC.CCc1cc2cccc(C(F)(F)F)c2c(=O)n1-c1cccc(F)c1. The van der Waals surface area contributed by atoms with Crippen LogP contribution in [0.1, 0.15) is 32.0 Å². The standard InChI is InChI=1S/C18H13F4NO.C4H7N.C2H6/c1-2-13-9-11-5-3-8-15(18(20,21)22)16(11)17(24)23(13)14-7-4-6-12(19)10-14;1-3-4-5-2;1-2/h3-10H,2H2,1H3;3H,1-2,4H2;1-2H3. The van der Waals surface area contributed by atoms with Gasteiger partial charge in [-0.1, -0.05) is 45.0 Å². The van der Waals surface area contributed by atoms with Crippen molar-refractivity contribution >= 4 is 17.5 Å². The van der Waals surface area contributed by atoms with Gasteiger partial charge in [0.2, 0.25) is 0 Å². The molecule has 1 aromatic heterocycles. The highest BCUT2D eigenvalue weighted by atomic mass is 19.4. The predicted octanol–water partition coefficient (Wildman–Crippen LogP) is 6.61. The molecule has 0 aliphatic heterocycles. The molecule has 0 aliphatic rings. The van der Waals surface area contributed by atoms with Crippen LogP contribution in [-0.4, -0.2) is 17.8 Å². The number of rotatable bonds is 4. The lowest BCUT2D eigenvalue weighted by atomic mass is 10.0. The first kappa shape index (κ1) is 25.8. The maximum Gasteiger partial charge on any atom is 0.417 e. The van der Waals surface area contributed by atoms with E-state index in [1.54, 1.807) is 13.0 Å². The first-order chi connectivity index (χ1) is 14.7. The van der Waals surface area contributed by atoms with Crippen LogP contribution in [0.4, 0.5) is 17.6 Å². The number of fused-ring (bicyclic) bond motifs is 1. The molecule has 1 heterocycles. The Morgan fingerprint density at radius 1 is 1.10 bits per heavy atom. The quantitative estimate of drug-likeness (QED) is 0.258. The second-order valence-electron chi connectivity index (χ2n) is 6.07. The summed E-state index contributed by atoms with van der Waals surface area (Å²) in [6, 6.07) is 10.4. The third kappa shape index (κ3) is 6.38. The Kier molecular flexibility index (Phi) is 9.86. The number of nitrogens with zero attached hydrogens (tertiary/aromatic N) is 2. The van der Waals surface area contributed by atoms with Crippen LogP contribution >= 0.6 is 0 Å². The van der Waals surface area contributed by atoms with Crippen LogP contribution in [0.3, 0.4) is 0 Å². The van der Waals surface area contributed by atoms with Crippen molar-refractivity contribution in [1.82, 2.24) is 4.57 Å². The average molecular weight is 434 g/mol. The monoisotopic (exact) mass is 434 g/mol. The molecule has 0 aliphatic carbocycles. The molecule has 3 rings (SSSR count). The highest BCUT2D eigenvalue weighted by molar-refractivity contribution is 5.86. The maximum atomic E-state index is 13.5. The summed E-state index contributed by atoms with van der Waals surface area (Å²) in [6.07, 6.45) is -2.53. The molecule has 0 spiro atoms. The number of hydrogen-bond acceptors (Lipinski definition) is 2. The van der Waals surface area contributed by atoms with Gasteiger partial charge in [0, 0.05) is 5.69 Å². The van der Waals surface area contributed by atoms with Gasteiger partial charge in [0.05, 0.1) is 23.2 Å². The molecule has 0 radical (unpaired) electrons. The van der Waals surface area contributed by atoms with Crippen molar-refractivity contribution in [3.63, 3.8) is 0 Å². The van der Waals surface area contributed by atoms with E-state index in [1.807, 2.05) is 13.8 Å². The van der Waals surface area contributed by atoms with Gasteiger partial charge in [-0.25, -0.2) is 4.39 Å². The average Bonchev–Trinajstić information content (AvgIpc) is 2.75. The van der Waals surface area contributed by atoms with Gasteiger partial charge in [-0.15, -0.1) is 6.58 Å². The topological polar surface area (TPSA) is 34.4 Å². The highest BCUT2D eigenvalue weighted by Crippen LogP contribution is 2.33. The molecule has 31 heavy (non-hydrogen) atoms. The molecular formula is C24H26F4N2O. The summed E-state index contributed by atoms with van der Waals surface area (Å²) in [5.74, 6) is -0.564. The Hall–Kier alpha value is -3.22. The number of hydrogen-bond donors (Lipinski definition) is 0. The van der Waals surface area contributed by atoms with Crippen LogP contribution in [0.2, 0.25) is 0 Å². The van der Waals surface area contributed by atoms with Gasteiger partial charge in [-0.3, -0.25) is 14.4 Å². The van der Waals surface area contributed by atoms with Crippen molar-refractivity contribution in [2.45, 2.75) is 33.4 Å². The van der Waals surface area contributed by atoms with Crippen molar-refractivity contribution in [3.8, 4) is 5.69 Å². The molecule has 0 bridgehead atoms. The largest absolute Gasteiger partial charge is 0.417 e. The predicted molar refractivity (Wildman–Crippen MR) is 120 cm³/mol. The van der Waals surface area contributed by atoms with Gasteiger partial charge in [-0.2, -0.15) is 13.2 Å². The van der Waals surface area contributed by atoms with Gasteiger partial charge in [0.15, 0.2) is 0 Å². The summed E-state index contributed by atoms with van der Waals surface area (Å²) in [5.41, 5.74) is -1.08. The molecule has 166 valence electrons. The zero-order valence-electron chi connectivity index (χ0n) is 17.8. The van der Waals surface area contributed by atoms with Crippen LogP contribution in [0.5, 0.6) is 0 Å². The minimum atomic E-state index is -4.65. The molecule has 0 saturated carbocycles. The molecule has 0 N–H and O–H groups in total. The number of aliphatic imine (C=N–C) groups is 1. The fraction of sp³-hybridized carbons (Fsp3) is 0.250. The number of alkyl halides is 3. The number of aromatic nitrogens is 1. The highest BCUT2D eigenvalue weighted by Gasteiger charge is 2.34. The van der Waals surface area contributed by atoms with Crippen LogP contribution in [0, 0.1) is 5.82 Å². The van der Waals surface area contributed by atoms with Gasteiger partial charge < -0.3 is 0 Å². The second-order valence-corrected chi connectivity index (χ2v) is 6.07. The van der Waals surface area contributed by atoms with Crippen molar-refractivity contribution in [1.29, 1.82) is 0 Å². The zero-order valence-corrected chi connectivity index (χ0v) is 17.8. The van der Waals surface area contributed by atoms with Crippen molar-refractivity contribution in [3.05, 3.63) is 88.6 Å². The normalized spacial score (nSPS) is 10.4. The van der Waals surface area contributed by atoms with E-state index in [2.05, 4.69) is 18.3 Å². The number of pyridine rings is 1. The molecule has 2 aromatic carbocycles. The van der Waals surface area contributed by atoms with Crippen LogP contribution in [0.15, 0.2) is 71.0 Å². The number of aryl methyl sites for hydroxylation is 1. The molecule has 0 unspecified atom stereocenters. The third-order valence-corrected chi connectivity index (χ3v) is 4.12. The fourth-order valence-electron chi connectivity index (χ4n) is 2.90. The molecular weight excluding hydrogens is 408 g/mol. The van der Waals surface area contributed by atoms with E-state index >= 15 is 0 Å². The summed E-state index contributed by atoms with van der Waals surface area (Å²) in [7, 11) is 0. The van der Waals surface area contributed by atoms with Crippen LogP contribution in [0.25, 0.3) is 16.5 Å². The minimum Gasteiger partial charge on any atom is -0.297 e. The number of halogens is 4. The minimum absolute atomic E-state index is 0.204. The van der Waals surface area contributed by atoms with E-state index in [1.165, 1.54) is 36.4 Å². The molecule has 3 aromatic rings. The summed E-state index contributed by atoms with van der Waals surface area (Å²) in [4.78, 5) is 16.3. The Bertz CT molecular complexity index is 1080. The van der Waals surface area contributed by atoms with Crippen molar-refractivity contribution in [2.75, 3.05) is 6.54 Å². The molecule has 0 atom stereocenters. The van der Waals surface area contributed by atoms with Gasteiger partial charge in [0.1, 0.15) is 5.82 Å². The van der Waals surface area contributed by atoms with Crippen LogP contribution < -0.4 is 5.56 Å². The third-order valence-electron chi connectivity index (χ3n) is 4.12. The van der Waals surface area contributed by atoms with E-state index < -0.39 is 28.5 Å². The molecule has 3 nitrogen and oxygen atoms in total. The van der Waals surface area contributed by atoms with Gasteiger partial charge in [-0.05, 0) is 48.9 Å². The van der Waals surface area contributed by atoms with E-state index in [9.17, 15) is 22.4 Å². The van der Waals surface area contributed by atoms with E-state index in [4.69, 9.17) is 0 Å². The Balaban J connectivity index is 0.000000605. The second kappa shape index (κ2) is 11.8. The number of benzene rings is 2. The Morgan fingerprint density at radius 3 is 2.23 bits per heavy atom. The smallest absolute Gasteiger partial charge is 0.297 e. The lowest BCUT2D eigenvalue weighted by Crippen LogP contribution is -2.24.